The largest absolute Gasteiger partial charge is 0.497 e. The lowest BCUT2D eigenvalue weighted by Crippen LogP contribution is -2.38. The maximum absolute atomic E-state index is 12.6. The van der Waals surface area contributed by atoms with Crippen LogP contribution in [0.15, 0.2) is 24.3 Å². The molecule has 0 radical (unpaired) electrons. The van der Waals surface area contributed by atoms with Gasteiger partial charge in [0.05, 0.1) is 13.7 Å². The molecule has 0 aliphatic carbocycles. The normalized spacial score (nSPS) is 18.2. The quantitative estimate of drug-likeness (QED) is 0.831. The maximum Gasteiger partial charge on any atom is 0.226 e. The molecule has 2 rings (SSSR count). The first-order chi connectivity index (χ1) is 11.6. The SMILES string of the molecule is COCCN1CCCCC(CC(=O)Nc2ccc(OC)cc2)C1=O. The van der Waals surface area contributed by atoms with Crippen LogP contribution in [-0.2, 0) is 14.3 Å². The molecule has 0 bridgehead atoms. The molecule has 1 fully saturated rings. The molecule has 1 aromatic carbocycles. The Morgan fingerprint density at radius 3 is 2.67 bits per heavy atom. The summed E-state index contributed by atoms with van der Waals surface area (Å²) in [6.45, 7) is 1.86. The molecule has 1 atom stereocenters. The topological polar surface area (TPSA) is 67.9 Å². The lowest BCUT2D eigenvalue weighted by molar-refractivity contribution is -0.137. The van der Waals surface area contributed by atoms with E-state index in [1.165, 1.54) is 0 Å². The average Bonchev–Trinajstić information content (AvgIpc) is 2.76. The zero-order valence-electron chi connectivity index (χ0n) is 14.4. The second kappa shape index (κ2) is 9.27. The van der Waals surface area contributed by atoms with Crippen molar-refractivity contribution in [1.29, 1.82) is 0 Å². The van der Waals surface area contributed by atoms with E-state index in [4.69, 9.17) is 9.47 Å². The molecule has 132 valence electrons. The van der Waals surface area contributed by atoms with Crippen molar-refractivity contribution in [3.8, 4) is 5.75 Å². The van der Waals surface area contributed by atoms with Gasteiger partial charge in [0.15, 0.2) is 0 Å². The van der Waals surface area contributed by atoms with Gasteiger partial charge in [-0.25, -0.2) is 0 Å². The Kier molecular flexibility index (Phi) is 7.06. The van der Waals surface area contributed by atoms with Gasteiger partial charge in [-0.15, -0.1) is 0 Å². The van der Waals surface area contributed by atoms with Gasteiger partial charge in [-0.1, -0.05) is 6.42 Å². The predicted molar refractivity (Wildman–Crippen MR) is 92.0 cm³/mol. The van der Waals surface area contributed by atoms with Gasteiger partial charge < -0.3 is 19.7 Å². The third-order valence-electron chi connectivity index (χ3n) is 4.26. The highest BCUT2D eigenvalue weighted by Crippen LogP contribution is 2.22. The lowest BCUT2D eigenvalue weighted by atomic mass is 9.98. The fourth-order valence-electron chi connectivity index (χ4n) is 2.91. The Morgan fingerprint density at radius 2 is 2.00 bits per heavy atom. The number of nitrogens with one attached hydrogen (secondary N) is 1. The molecule has 0 saturated carbocycles. The molecule has 1 aliphatic rings. The predicted octanol–water partition coefficient (Wildman–Crippen LogP) is 2.30. The number of methoxy groups -OCH3 is 2. The highest BCUT2D eigenvalue weighted by Gasteiger charge is 2.28. The van der Waals surface area contributed by atoms with E-state index >= 15 is 0 Å². The van der Waals surface area contributed by atoms with Gasteiger partial charge in [0.25, 0.3) is 0 Å². The fraction of sp³-hybridized carbons (Fsp3) is 0.556. The van der Waals surface area contributed by atoms with Crippen molar-refractivity contribution in [2.24, 2.45) is 5.92 Å². The minimum absolute atomic E-state index is 0.0643. The van der Waals surface area contributed by atoms with E-state index < -0.39 is 0 Å². The van der Waals surface area contributed by atoms with Crippen LogP contribution in [0.3, 0.4) is 0 Å². The number of amides is 2. The summed E-state index contributed by atoms with van der Waals surface area (Å²) in [7, 11) is 3.22. The standard InChI is InChI=1S/C18H26N2O4/c1-23-12-11-20-10-4-3-5-14(18(20)22)13-17(21)19-15-6-8-16(24-2)9-7-15/h6-9,14H,3-5,10-13H2,1-2H3,(H,19,21). The maximum atomic E-state index is 12.6. The summed E-state index contributed by atoms with van der Waals surface area (Å²) >= 11 is 0. The molecule has 6 heteroatoms. The van der Waals surface area contributed by atoms with E-state index in [-0.39, 0.29) is 24.2 Å². The Labute approximate surface area is 143 Å². The number of benzene rings is 1. The zero-order chi connectivity index (χ0) is 17.4. The third-order valence-corrected chi connectivity index (χ3v) is 4.26. The number of anilines is 1. The van der Waals surface area contributed by atoms with Crippen LogP contribution >= 0.6 is 0 Å². The van der Waals surface area contributed by atoms with Crippen molar-refractivity contribution < 1.29 is 19.1 Å². The van der Waals surface area contributed by atoms with Crippen LogP contribution < -0.4 is 10.1 Å². The minimum Gasteiger partial charge on any atom is -0.497 e. The van der Waals surface area contributed by atoms with Crippen molar-refractivity contribution in [3.05, 3.63) is 24.3 Å². The molecule has 0 aromatic heterocycles. The molecule has 1 unspecified atom stereocenters. The van der Waals surface area contributed by atoms with Gasteiger partial charge in [-0.3, -0.25) is 9.59 Å². The number of nitrogens with zero attached hydrogens (tertiary/aromatic N) is 1. The van der Waals surface area contributed by atoms with E-state index in [2.05, 4.69) is 5.32 Å². The number of hydrogen-bond donors (Lipinski definition) is 1. The van der Waals surface area contributed by atoms with Crippen LogP contribution in [0.5, 0.6) is 5.75 Å². The number of likely N-dealkylation sites (tertiary alicyclic amines) is 1. The van der Waals surface area contributed by atoms with Gasteiger partial charge >= 0.3 is 0 Å². The number of carbonyl (C=O) groups is 2. The fourth-order valence-corrected chi connectivity index (χ4v) is 2.91. The average molecular weight is 334 g/mol. The van der Waals surface area contributed by atoms with Crippen molar-refractivity contribution in [1.82, 2.24) is 4.90 Å². The second-order valence-corrected chi connectivity index (χ2v) is 5.99. The molecule has 1 saturated heterocycles. The van der Waals surface area contributed by atoms with Crippen LogP contribution in [-0.4, -0.2) is 50.6 Å². The van der Waals surface area contributed by atoms with E-state index in [0.29, 0.717) is 18.8 Å². The third kappa shape index (κ3) is 5.23. The van der Waals surface area contributed by atoms with Gasteiger partial charge in [0.2, 0.25) is 11.8 Å². The molecular weight excluding hydrogens is 308 g/mol. The van der Waals surface area contributed by atoms with Crippen molar-refractivity contribution in [2.75, 3.05) is 39.2 Å². The Bertz CT molecular complexity index is 544. The molecule has 1 heterocycles. The van der Waals surface area contributed by atoms with Crippen LogP contribution in [0.1, 0.15) is 25.7 Å². The number of carbonyl (C=O) groups excluding carboxylic acids is 2. The molecule has 0 spiro atoms. The summed E-state index contributed by atoms with van der Waals surface area (Å²) in [5, 5.41) is 2.85. The Hall–Kier alpha value is -2.08. The monoisotopic (exact) mass is 334 g/mol. The summed E-state index contributed by atoms with van der Waals surface area (Å²) < 4.78 is 10.2. The van der Waals surface area contributed by atoms with Gasteiger partial charge in [0.1, 0.15) is 5.75 Å². The number of ether oxygens (including phenoxy) is 2. The molecule has 24 heavy (non-hydrogen) atoms. The highest BCUT2D eigenvalue weighted by molar-refractivity contribution is 5.94. The van der Waals surface area contributed by atoms with Crippen LogP contribution in [0.4, 0.5) is 5.69 Å². The summed E-state index contributed by atoms with van der Waals surface area (Å²) in [6.07, 6.45) is 2.93. The smallest absolute Gasteiger partial charge is 0.226 e. The van der Waals surface area contributed by atoms with Crippen molar-refractivity contribution >= 4 is 17.5 Å². The zero-order valence-corrected chi connectivity index (χ0v) is 14.4. The first kappa shape index (κ1) is 18.3. The minimum atomic E-state index is -0.248. The van der Waals surface area contributed by atoms with E-state index in [0.717, 1.165) is 31.6 Å². The molecule has 1 N–H and O–H groups in total. The van der Waals surface area contributed by atoms with Gasteiger partial charge in [-0.05, 0) is 37.1 Å². The Balaban J connectivity index is 1.91. The summed E-state index contributed by atoms with van der Waals surface area (Å²) in [5.41, 5.74) is 0.707. The van der Waals surface area contributed by atoms with Gasteiger partial charge in [-0.2, -0.15) is 0 Å². The molecule has 6 nitrogen and oxygen atoms in total. The summed E-state index contributed by atoms with van der Waals surface area (Å²) in [5.74, 6) is 0.421. The summed E-state index contributed by atoms with van der Waals surface area (Å²) in [4.78, 5) is 26.7. The molecular formula is C18H26N2O4. The van der Waals surface area contributed by atoms with E-state index in [9.17, 15) is 9.59 Å². The first-order valence-corrected chi connectivity index (χ1v) is 8.35. The highest BCUT2D eigenvalue weighted by atomic mass is 16.5. The first-order valence-electron chi connectivity index (χ1n) is 8.35. The number of hydrogen-bond acceptors (Lipinski definition) is 4. The second-order valence-electron chi connectivity index (χ2n) is 5.99. The van der Waals surface area contributed by atoms with E-state index in [1.807, 2.05) is 4.90 Å². The van der Waals surface area contributed by atoms with Crippen LogP contribution in [0.25, 0.3) is 0 Å². The molecule has 2 amide bonds. The lowest BCUT2D eigenvalue weighted by Gasteiger charge is -2.23. The Morgan fingerprint density at radius 1 is 1.25 bits per heavy atom. The van der Waals surface area contributed by atoms with E-state index in [1.54, 1.807) is 38.5 Å². The number of rotatable bonds is 7. The van der Waals surface area contributed by atoms with Crippen LogP contribution in [0.2, 0.25) is 0 Å². The van der Waals surface area contributed by atoms with Crippen molar-refractivity contribution in [2.45, 2.75) is 25.7 Å². The molecule has 1 aliphatic heterocycles. The van der Waals surface area contributed by atoms with Crippen molar-refractivity contribution in [3.63, 3.8) is 0 Å². The summed E-state index contributed by atoms with van der Waals surface area (Å²) in [6, 6.07) is 7.16. The van der Waals surface area contributed by atoms with Crippen LogP contribution in [0, 0.1) is 5.92 Å². The van der Waals surface area contributed by atoms with Gasteiger partial charge in [0, 0.05) is 38.2 Å². The molecule has 1 aromatic rings.